The van der Waals surface area contributed by atoms with E-state index >= 15 is 0 Å². The lowest BCUT2D eigenvalue weighted by molar-refractivity contribution is 0.953. The Morgan fingerprint density at radius 3 is 1.31 bits per heavy atom. The second kappa shape index (κ2) is 11.0. The van der Waals surface area contributed by atoms with Crippen LogP contribution < -0.4 is 0 Å². The Morgan fingerprint density at radius 1 is 0.286 bits per heavy atom. The molecule has 0 aliphatic heterocycles. The third-order valence-corrected chi connectivity index (χ3v) is 9.64. The Balaban J connectivity index is 1.23. The van der Waals surface area contributed by atoms with Crippen LogP contribution in [0.3, 0.4) is 0 Å². The first-order chi connectivity index (χ1) is 24.3. The van der Waals surface area contributed by atoms with E-state index in [1.165, 1.54) is 32.3 Å². The summed E-state index contributed by atoms with van der Waals surface area (Å²) < 4.78 is 2.19. The van der Waals surface area contributed by atoms with Gasteiger partial charge < -0.3 is 0 Å². The van der Waals surface area contributed by atoms with Crippen LogP contribution in [0.15, 0.2) is 170 Å². The van der Waals surface area contributed by atoms with E-state index in [-0.39, 0.29) is 0 Å². The van der Waals surface area contributed by atoms with Crippen LogP contribution in [-0.2, 0) is 0 Å². The van der Waals surface area contributed by atoms with E-state index in [1.807, 2.05) is 60.7 Å². The number of benzene rings is 8. The Kier molecular flexibility index (Phi) is 6.15. The molecule has 4 heteroatoms. The molecular weight excluding hydrogens is 597 g/mol. The zero-order chi connectivity index (χ0) is 32.3. The molecule has 0 amide bonds. The predicted octanol–water partition coefficient (Wildman–Crippen LogP) is 11.4. The number of hydrogen-bond acceptors (Lipinski definition) is 3. The molecule has 0 spiro atoms. The quantitative estimate of drug-likeness (QED) is 0.183. The maximum atomic E-state index is 5.12. The highest BCUT2D eigenvalue weighted by molar-refractivity contribution is 6.25. The third-order valence-electron chi connectivity index (χ3n) is 9.64. The Bertz CT molecular complexity index is 2780. The number of rotatable bonds is 4. The average molecular weight is 625 g/mol. The molecule has 49 heavy (non-hydrogen) atoms. The fourth-order valence-corrected chi connectivity index (χ4v) is 7.35. The number of nitrogens with zero attached hydrogens (tertiary/aromatic N) is 4. The van der Waals surface area contributed by atoms with Crippen molar-refractivity contribution in [2.45, 2.75) is 0 Å². The van der Waals surface area contributed by atoms with Gasteiger partial charge in [-0.1, -0.05) is 152 Å². The van der Waals surface area contributed by atoms with E-state index in [4.69, 9.17) is 15.0 Å². The Morgan fingerprint density at radius 2 is 0.714 bits per heavy atom. The lowest BCUT2D eigenvalue weighted by atomic mass is 9.92. The molecule has 4 nitrogen and oxygen atoms in total. The van der Waals surface area contributed by atoms with E-state index in [0.29, 0.717) is 17.6 Å². The van der Waals surface area contributed by atoms with E-state index in [1.54, 1.807) is 0 Å². The number of hydrogen-bond donors (Lipinski definition) is 0. The summed E-state index contributed by atoms with van der Waals surface area (Å²) in [6.45, 7) is 0. The maximum Gasteiger partial charge on any atom is 0.238 e. The number of fused-ring (bicyclic) bond motifs is 9. The van der Waals surface area contributed by atoms with Crippen molar-refractivity contribution in [1.29, 1.82) is 0 Å². The van der Waals surface area contributed by atoms with Gasteiger partial charge in [0.05, 0.1) is 11.0 Å². The molecule has 0 fully saturated rings. The van der Waals surface area contributed by atoms with Gasteiger partial charge in [-0.25, -0.2) is 4.98 Å². The third kappa shape index (κ3) is 4.42. The van der Waals surface area contributed by atoms with Crippen molar-refractivity contribution in [3.8, 4) is 39.9 Å². The SMILES string of the molecule is c1ccc(-c2nc(-c3ccccc3)nc(-n3c4ccccc4c4ccc(-c5ccc6c7ccccc7c7ccccc7c6c5)cc43)n2)cc1. The molecule has 0 atom stereocenters. The van der Waals surface area contributed by atoms with Crippen LogP contribution in [0.4, 0.5) is 0 Å². The molecule has 0 unspecified atom stereocenters. The molecule has 0 N–H and O–H groups in total. The molecular formula is C45H28N4. The van der Waals surface area contributed by atoms with E-state index in [0.717, 1.165) is 44.1 Å². The highest BCUT2D eigenvalue weighted by Gasteiger charge is 2.19. The summed E-state index contributed by atoms with van der Waals surface area (Å²) in [5.74, 6) is 1.87. The van der Waals surface area contributed by atoms with E-state index in [2.05, 4.69) is 114 Å². The zero-order valence-corrected chi connectivity index (χ0v) is 26.5. The van der Waals surface area contributed by atoms with Crippen LogP contribution in [0.2, 0.25) is 0 Å². The van der Waals surface area contributed by atoms with E-state index in [9.17, 15) is 0 Å². The molecule has 0 saturated heterocycles. The molecule has 0 saturated carbocycles. The summed E-state index contributed by atoms with van der Waals surface area (Å²) in [5.41, 5.74) is 6.29. The molecule has 0 aliphatic carbocycles. The molecule has 0 aliphatic rings. The van der Waals surface area contributed by atoms with Crippen molar-refractivity contribution in [2.75, 3.05) is 0 Å². The van der Waals surface area contributed by atoms with Crippen molar-refractivity contribution in [3.63, 3.8) is 0 Å². The van der Waals surface area contributed by atoms with Gasteiger partial charge in [-0.05, 0) is 61.6 Å². The van der Waals surface area contributed by atoms with Crippen molar-refractivity contribution in [3.05, 3.63) is 170 Å². The summed E-state index contributed by atoms with van der Waals surface area (Å²) in [7, 11) is 0. The molecule has 228 valence electrons. The smallest absolute Gasteiger partial charge is 0.238 e. The molecule has 0 radical (unpaired) electrons. The minimum Gasteiger partial charge on any atom is -0.278 e. The second-order valence-corrected chi connectivity index (χ2v) is 12.5. The number of aromatic nitrogens is 4. The molecule has 8 aromatic carbocycles. The molecule has 10 rings (SSSR count). The topological polar surface area (TPSA) is 43.6 Å². The molecule has 10 aromatic rings. The molecule has 2 heterocycles. The van der Waals surface area contributed by atoms with Crippen LogP contribution in [0, 0.1) is 0 Å². The van der Waals surface area contributed by atoms with Crippen molar-refractivity contribution < 1.29 is 0 Å². The lowest BCUT2D eigenvalue weighted by Gasteiger charge is -2.13. The standard InChI is InChI=1S/C45H28N4/c1-3-13-29(14-4-1)43-46-44(30-15-5-2-6-16-30)48-45(47-43)49-41-22-12-11-21-38(41)39-26-24-32(28-42(39)49)31-23-25-37-35-19-8-7-17-33(35)34-18-9-10-20-36(34)40(37)27-31/h1-28H. The summed E-state index contributed by atoms with van der Waals surface area (Å²) in [5, 5.41) is 9.92. The second-order valence-electron chi connectivity index (χ2n) is 12.5. The maximum absolute atomic E-state index is 5.12. The predicted molar refractivity (Wildman–Crippen MR) is 203 cm³/mol. The van der Waals surface area contributed by atoms with Crippen molar-refractivity contribution in [2.24, 2.45) is 0 Å². The Hall–Kier alpha value is -6.65. The highest BCUT2D eigenvalue weighted by Crippen LogP contribution is 2.39. The van der Waals surface area contributed by atoms with Crippen molar-refractivity contribution in [1.82, 2.24) is 19.5 Å². The fraction of sp³-hybridized carbons (Fsp3) is 0. The zero-order valence-electron chi connectivity index (χ0n) is 26.5. The van der Waals surface area contributed by atoms with Gasteiger partial charge in [-0.15, -0.1) is 0 Å². The van der Waals surface area contributed by atoms with Gasteiger partial charge in [-0.2, -0.15) is 9.97 Å². The van der Waals surface area contributed by atoms with Crippen LogP contribution in [0.1, 0.15) is 0 Å². The van der Waals surface area contributed by atoms with Crippen LogP contribution in [-0.4, -0.2) is 19.5 Å². The molecule has 2 aromatic heterocycles. The summed E-state index contributed by atoms with van der Waals surface area (Å²) in [4.78, 5) is 15.2. The van der Waals surface area contributed by atoms with Gasteiger partial charge in [0.1, 0.15) is 0 Å². The van der Waals surface area contributed by atoms with Gasteiger partial charge in [0.15, 0.2) is 11.6 Å². The fourth-order valence-electron chi connectivity index (χ4n) is 7.35. The monoisotopic (exact) mass is 624 g/mol. The minimum absolute atomic E-state index is 0.590. The van der Waals surface area contributed by atoms with Crippen LogP contribution in [0.25, 0.3) is 94.0 Å². The van der Waals surface area contributed by atoms with Crippen LogP contribution >= 0.6 is 0 Å². The first-order valence-corrected chi connectivity index (χ1v) is 16.5. The lowest BCUT2D eigenvalue weighted by Crippen LogP contribution is -2.06. The van der Waals surface area contributed by atoms with Gasteiger partial charge in [0.2, 0.25) is 5.95 Å². The summed E-state index contributed by atoms with van der Waals surface area (Å²) in [6.07, 6.45) is 0. The molecule has 0 bridgehead atoms. The van der Waals surface area contributed by atoms with E-state index < -0.39 is 0 Å². The largest absolute Gasteiger partial charge is 0.278 e. The first kappa shape index (κ1) is 27.5. The van der Waals surface area contributed by atoms with Crippen molar-refractivity contribution >= 4 is 54.1 Å². The minimum atomic E-state index is 0.590. The first-order valence-electron chi connectivity index (χ1n) is 16.5. The van der Waals surface area contributed by atoms with Gasteiger partial charge in [0.25, 0.3) is 0 Å². The van der Waals surface area contributed by atoms with Gasteiger partial charge in [0, 0.05) is 21.9 Å². The average Bonchev–Trinajstić information content (AvgIpc) is 3.52. The van der Waals surface area contributed by atoms with Crippen LogP contribution in [0.5, 0.6) is 0 Å². The normalized spacial score (nSPS) is 11.7. The summed E-state index contributed by atoms with van der Waals surface area (Å²) in [6, 6.07) is 59.9. The Labute approximate surface area is 282 Å². The van der Waals surface area contributed by atoms with Gasteiger partial charge in [-0.3, -0.25) is 4.57 Å². The highest BCUT2D eigenvalue weighted by atomic mass is 15.2. The van der Waals surface area contributed by atoms with Gasteiger partial charge >= 0.3 is 0 Å². The summed E-state index contributed by atoms with van der Waals surface area (Å²) >= 11 is 0. The number of para-hydroxylation sites is 1.